The minimum atomic E-state index is -0.424. The Labute approximate surface area is 174 Å². The van der Waals surface area contributed by atoms with Gasteiger partial charge in [0.15, 0.2) is 0 Å². The van der Waals surface area contributed by atoms with Gasteiger partial charge >= 0.3 is 0 Å². The number of nitrogens with zero attached hydrogens (tertiary/aromatic N) is 1. The van der Waals surface area contributed by atoms with E-state index in [9.17, 15) is 9.18 Å². The number of halogens is 1. The number of amides is 1. The Morgan fingerprint density at radius 1 is 1.07 bits per heavy atom. The number of likely N-dealkylation sites (N-methyl/N-ethyl adjacent to an activating group) is 1. The number of hydrogen-bond donors (Lipinski definition) is 2. The molecule has 3 aromatic carbocycles. The number of carbonyl (C=O) groups excluding carboxylic acids is 1. The third-order valence-electron chi connectivity index (χ3n) is 5.85. The zero-order chi connectivity index (χ0) is 20.7. The molecule has 5 heteroatoms. The maximum absolute atomic E-state index is 13.4. The number of fused-ring (bicyclic) bond motifs is 3. The van der Waals surface area contributed by atoms with Gasteiger partial charge in [-0.05, 0) is 61.0 Å². The van der Waals surface area contributed by atoms with Crippen molar-refractivity contribution in [2.24, 2.45) is 0 Å². The number of H-pyrrole nitrogens is 1. The molecule has 30 heavy (non-hydrogen) atoms. The standard InChI is InChI=1S/C25H22FN3O/c1-29-14-13-21-20-7-2-3-8-22(20)28-23(21)24(29)16-9-11-19(12-10-16)27-25(30)17-5-4-6-18(26)15-17/h2-12,15,24,28H,13-14H2,1H3,(H,27,30). The minimum Gasteiger partial charge on any atom is -0.357 e. The molecule has 0 saturated heterocycles. The van der Waals surface area contributed by atoms with Crippen molar-refractivity contribution in [1.29, 1.82) is 0 Å². The first-order valence-corrected chi connectivity index (χ1v) is 10.1. The molecule has 1 amide bonds. The van der Waals surface area contributed by atoms with E-state index in [2.05, 4.69) is 46.5 Å². The fraction of sp³-hybridized carbons (Fsp3) is 0.160. The lowest BCUT2D eigenvalue weighted by Gasteiger charge is -2.33. The summed E-state index contributed by atoms with van der Waals surface area (Å²) >= 11 is 0. The Bertz CT molecular complexity index is 1230. The summed E-state index contributed by atoms with van der Waals surface area (Å²) in [7, 11) is 2.14. The quantitative estimate of drug-likeness (QED) is 0.501. The zero-order valence-electron chi connectivity index (χ0n) is 16.7. The summed E-state index contributed by atoms with van der Waals surface area (Å²) in [5.41, 5.74) is 5.94. The van der Waals surface area contributed by atoms with Gasteiger partial charge in [-0.1, -0.05) is 36.4 Å². The van der Waals surface area contributed by atoms with E-state index in [1.54, 1.807) is 6.07 Å². The first-order valence-electron chi connectivity index (χ1n) is 10.1. The monoisotopic (exact) mass is 399 g/mol. The van der Waals surface area contributed by atoms with Crippen molar-refractivity contribution in [2.45, 2.75) is 12.5 Å². The highest BCUT2D eigenvalue weighted by molar-refractivity contribution is 6.04. The van der Waals surface area contributed by atoms with Crippen LogP contribution in [0.3, 0.4) is 0 Å². The Morgan fingerprint density at radius 2 is 1.87 bits per heavy atom. The Kier molecular flexibility index (Phi) is 4.60. The molecule has 5 rings (SSSR count). The number of anilines is 1. The van der Waals surface area contributed by atoms with E-state index in [1.165, 1.54) is 40.4 Å². The van der Waals surface area contributed by atoms with Crippen molar-refractivity contribution in [3.05, 3.63) is 101 Å². The Hall–Kier alpha value is -3.44. The molecular weight excluding hydrogens is 377 g/mol. The molecular formula is C25H22FN3O. The summed E-state index contributed by atoms with van der Waals surface area (Å²) in [6.45, 7) is 0.984. The lowest BCUT2D eigenvalue weighted by molar-refractivity contribution is 0.102. The summed E-state index contributed by atoms with van der Waals surface area (Å²) < 4.78 is 13.4. The third-order valence-corrected chi connectivity index (χ3v) is 5.85. The summed E-state index contributed by atoms with van der Waals surface area (Å²) in [6.07, 6.45) is 1.02. The summed E-state index contributed by atoms with van der Waals surface area (Å²) in [4.78, 5) is 18.3. The smallest absolute Gasteiger partial charge is 0.255 e. The van der Waals surface area contributed by atoms with Crippen molar-refractivity contribution in [1.82, 2.24) is 9.88 Å². The van der Waals surface area contributed by atoms with Gasteiger partial charge < -0.3 is 10.3 Å². The second-order valence-corrected chi connectivity index (χ2v) is 7.78. The number of rotatable bonds is 3. The number of hydrogen-bond acceptors (Lipinski definition) is 2. The summed E-state index contributed by atoms with van der Waals surface area (Å²) in [5.74, 6) is -0.748. The van der Waals surface area contributed by atoms with E-state index in [0.717, 1.165) is 18.5 Å². The molecule has 4 nitrogen and oxygen atoms in total. The molecule has 150 valence electrons. The second-order valence-electron chi connectivity index (χ2n) is 7.78. The molecule has 1 aliphatic heterocycles. The summed E-state index contributed by atoms with van der Waals surface area (Å²) in [5, 5.41) is 4.14. The average Bonchev–Trinajstić information content (AvgIpc) is 3.13. The molecule has 0 saturated carbocycles. The van der Waals surface area contributed by atoms with Crippen LogP contribution in [0.5, 0.6) is 0 Å². The van der Waals surface area contributed by atoms with Crippen LogP contribution in [-0.2, 0) is 6.42 Å². The number of aromatic nitrogens is 1. The van der Waals surface area contributed by atoms with Gasteiger partial charge in [0.2, 0.25) is 0 Å². The van der Waals surface area contributed by atoms with Crippen molar-refractivity contribution in [3.63, 3.8) is 0 Å². The van der Waals surface area contributed by atoms with Gasteiger partial charge in [-0.2, -0.15) is 0 Å². The Balaban J connectivity index is 1.42. The second kappa shape index (κ2) is 7.43. The van der Waals surface area contributed by atoms with Crippen LogP contribution in [0.4, 0.5) is 10.1 Å². The zero-order valence-corrected chi connectivity index (χ0v) is 16.7. The third kappa shape index (κ3) is 3.27. The van der Waals surface area contributed by atoms with Crippen LogP contribution in [0.2, 0.25) is 0 Å². The number of nitrogens with one attached hydrogen (secondary N) is 2. The molecule has 4 aromatic rings. The maximum Gasteiger partial charge on any atom is 0.255 e. The van der Waals surface area contributed by atoms with Gasteiger partial charge in [-0.15, -0.1) is 0 Å². The molecule has 1 atom stereocenters. The SMILES string of the molecule is CN1CCc2c([nH]c3ccccc23)C1c1ccc(NC(=O)c2cccc(F)c2)cc1. The van der Waals surface area contributed by atoms with Crippen LogP contribution in [-0.4, -0.2) is 29.4 Å². The molecule has 1 aliphatic rings. The fourth-order valence-electron chi connectivity index (χ4n) is 4.36. The van der Waals surface area contributed by atoms with Gasteiger partial charge in [0.1, 0.15) is 5.82 Å². The van der Waals surface area contributed by atoms with Crippen LogP contribution < -0.4 is 5.32 Å². The maximum atomic E-state index is 13.4. The van der Waals surface area contributed by atoms with Crippen LogP contribution in [0.25, 0.3) is 10.9 Å². The van der Waals surface area contributed by atoms with Crippen molar-refractivity contribution in [2.75, 3.05) is 18.9 Å². The van der Waals surface area contributed by atoms with Gasteiger partial charge in [0.05, 0.1) is 6.04 Å². The van der Waals surface area contributed by atoms with E-state index in [1.807, 2.05) is 24.3 Å². The molecule has 0 bridgehead atoms. The first-order chi connectivity index (χ1) is 14.6. The van der Waals surface area contributed by atoms with Crippen LogP contribution in [0.15, 0.2) is 72.8 Å². The number of carbonyl (C=O) groups is 1. The Morgan fingerprint density at radius 3 is 2.67 bits per heavy atom. The van der Waals surface area contributed by atoms with E-state index in [-0.39, 0.29) is 11.9 Å². The summed E-state index contributed by atoms with van der Waals surface area (Å²) in [6, 6.07) is 22.1. The van der Waals surface area contributed by atoms with Gasteiger partial charge in [-0.3, -0.25) is 9.69 Å². The van der Waals surface area contributed by atoms with Gasteiger partial charge in [-0.25, -0.2) is 4.39 Å². The van der Waals surface area contributed by atoms with Crippen LogP contribution in [0.1, 0.15) is 33.2 Å². The van der Waals surface area contributed by atoms with Crippen LogP contribution in [0, 0.1) is 5.82 Å². The predicted octanol–water partition coefficient (Wildman–Crippen LogP) is 5.14. The normalized spacial score (nSPS) is 16.4. The van der Waals surface area contributed by atoms with Crippen molar-refractivity contribution >= 4 is 22.5 Å². The number of aromatic amines is 1. The van der Waals surface area contributed by atoms with Gasteiger partial charge in [0.25, 0.3) is 5.91 Å². The van der Waals surface area contributed by atoms with Crippen LogP contribution >= 0.6 is 0 Å². The van der Waals surface area contributed by atoms with E-state index in [0.29, 0.717) is 11.3 Å². The molecule has 0 aliphatic carbocycles. The van der Waals surface area contributed by atoms with Gasteiger partial charge in [0, 0.05) is 34.4 Å². The fourth-order valence-corrected chi connectivity index (χ4v) is 4.36. The topological polar surface area (TPSA) is 48.1 Å². The largest absolute Gasteiger partial charge is 0.357 e. The van der Waals surface area contributed by atoms with E-state index >= 15 is 0 Å². The molecule has 0 fully saturated rings. The lowest BCUT2D eigenvalue weighted by atomic mass is 9.93. The number of benzene rings is 3. The van der Waals surface area contributed by atoms with E-state index in [4.69, 9.17) is 0 Å². The molecule has 1 unspecified atom stereocenters. The molecule has 1 aromatic heterocycles. The number of para-hydroxylation sites is 1. The lowest BCUT2D eigenvalue weighted by Crippen LogP contribution is -2.32. The minimum absolute atomic E-state index is 0.133. The molecule has 0 radical (unpaired) electrons. The molecule has 0 spiro atoms. The highest BCUT2D eigenvalue weighted by atomic mass is 19.1. The van der Waals surface area contributed by atoms with Crippen molar-refractivity contribution in [3.8, 4) is 0 Å². The van der Waals surface area contributed by atoms with Crippen molar-refractivity contribution < 1.29 is 9.18 Å². The average molecular weight is 399 g/mol. The highest BCUT2D eigenvalue weighted by Crippen LogP contribution is 2.37. The predicted molar refractivity (Wildman–Crippen MR) is 117 cm³/mol. The van der Waals surface area contributed by atoms with E-state index < -0.39 is 5.82 Å². The molecule has 2 N–H and O–H groups in total. The first kappa shape index (κ1) is 18.6. The highest BCUT2D eigenvalue weighted by Gasteiger charge is 2.29. The molecule has 2 heterocycles.